The molecule has 0 amide bonds. The van der Waals surface area contributed by atoms with Crippen LogP contribution in [0.4, 0.5) is 5.69 Å². The Bertz CT molecular complexity index is 4120. The van der Waals surface area contributed by atoms with E-state index < -0.39 is 269 Å². The second-order valence-electron chi connectivity index (χ2n) is 28.6. The fourth-order valence-electron chi connectivity index (χ4n) is 11.8. The summed E-state index contributed by atoms with van der Waals surface area (Å²) in [6.07, 6.45) is -35.5. The van der Waals surface area contributed by atoms with Crippen LogP contribution in [0, 0.1) is 12.1 Å². The second kappa shape index (κ2) is 64.5. The van der Waals surface area contributed by atoms with Crippen molar-refractivity contribution < 1.29 is 416 Å². The van der Waals surface area contributed by atoms with Gasteiger partial charge in [-0.3, -0.25) is 34.7 Å². The first-order chi connectivity index (χ1) is 61.6. The number of hydrogen-bond acceptors (Lipinski definition) is 53. The Labute approximate surface area is 902 Å². The predicted molar refractivity (Wildman–Crippen MR) is 421 cm³/mol. The topological polar surface area (TPSA) is 903 Å². The van der Waals surface area contributed by atoms with Crippen LogP contribution in [0.25, 0.3) is 0 Å². The number of nitrogens with two attached hydrogens (primary N) is 1. The molecule has 0 spiro atoms. The van der Waals surface area contributed by atoms with E-state index in [9.17, 15) is 142 Å². The van der Waals surface area contributed by atoms with Gasteiger partial charge in [0, 0.05) is 73.6 Å². The summed E-state index contributed by atoms with van der Waals surface area (Å²) in [5.74, 6) is -4.03. The third kappa shape index (κ3) is 37.3. The molecule has 53 nitrogen and oxygen atoms in total. The summed E-state index contributed by atoms with van der Waals surface area (Å²) < 4.78 is 76.7. The number of hydrogen-bond donors (Lipinski definition) is 28. The van der Waals surface area contributed by atoms with Crippen molar-refractivity contribution in [3.63, 3.8) is 0 Å². The molecule has 0 bridgehead atoms. The van der Waals surface area contributed by atoms with E-state index in [1.54, 1.807) is 13.8 Å². The molecule has 25 atom stereocenters. The molecule has 5 aliphatic heterocycles. The first kappa shape index (κ1) is 131. The zero-order valence-electron chi connectivity index (χ0n) is 74.3. The van der Waals surface area contributed by atoms with Crippen molar-refractivity contribution in [3.8, 4) is 97.7 Å². The first-order valence-corrected chi connectivity index (χ1v) is 39.7. The molecule has 0 radical (unpaired) electrons. The smallest absolute Gasteiger partial charge is 0.926 e. The summed E-state index contributed by atoms with van der Waals surface area (Å²) in [4.78, 5) is 61.9. The van der Waals surface area contributed by atoms with Crippen molar-refractivity contribution in [2.45, 2.75) is 239 Å². The molecule has 5 saturated heterocycles. The van der Waals surface area contributed by atoms with Crippen LogP contribution in [0.5, 0.6) is 97.7 Å². The van der Waals surface area contributed by atoms with Crippen molar-refractivity contribution >= 4 is 35.5 Å². The number of esters is 5. The van der Waals surface area contributed by atoms with Crippen LogP contribution in [-0.4, -0.2) is 367 Å². The van der Waals surface area contributed by atoms with E-state index in [-0.39, 0.29) is 262 Å². The maximum absolute atomic E-state index is 12.0. The summed E-state index contributed by atoms with van der Waals surface area (Å²) in [5.41, 5.74) is 1.66. The number of aliphatic hydroxyl groups excluding tert-OH is 21. The molecule has 136 heavy (non-hydrogen) atoms. The summed E-state index contributed by atoms with van der Waals surface area (Å²) >= 11 is 0. The van der Waals surface area contributed by atoms with E-state index in [2.05, 4.69) is 17.0 Å². The molecule has 57 heteroatoms. The molecule has 0 saturated carbocycles. The maximum Gasteiger partial charge on any atom is 1.00 e. The molecule has 746 valence electrons. The quantitative estimate of drug-likeness (QED) is 0.00625. The second-order valence-corrected chi connectivity index (χ2v) is 28.6. The maximum atomic E-state index is 12.0. The number of ether oxygens (including phenoxy) is 15. The molecule has 5 aromatic rings. The van der Waals surface area contributed by atoms with Gasteiger partial charge in [-0.05, 0) is 37.2 Å². The molecule has 5 aliphatic rings. The van der Waals surface area contributed by atoms with Gasteiger partial charge in [0.1, 0.15) is 145 Å². The van der Waals surface area contributed by atoms with Crippen LogP contribution in [-0.2, 0) is 47.7 Å². The summed E-state index contributed by atoms with van der Waals surface area (Å²) in [6, 6.07) is 15.7. The molecular formula is C79H108K2N2Na2O51-2. The van der Waals surface area contributed by atoms with E-state index in [0.717, 1.165) is 36.4 Å². The Balaban J connectivity index is 0.00000166. The van der Waals surface area contributed by atoms with Crippen molar-refractivity contribution in [3.05, 3.63) is 72.8 Å². The number of rotatable bonds is 32. The van der Waals surface area contributed by atoms with Gasteiger partial charge in [0.15, 0.2) is 34.5 Å². The molecule has 0 aliphatic carbocycles. The van der Waals surface area contributed by atoms with Gasteiger partial charge in [-0.15, -0.1) is 36.4 Å². The van der Waals surface area contributed by atoms with E-state index in [1.165, 1.54) is 24.3 Å². The number of nitrogens with one attached hydrogen (secondary N) is 1. The fourth-order valence-corrected chi connectivity index (χ4v) is 11.8. The minimum Gasteiger partial charge on any atom is -0.926 e. The average molecular weight is 2030 g/mol. The number of benzene rings is 5. The number of aromatic hydroxyl groups is 4. The van der Waals surface area contributed by atoms with E-state index in [1.807, 2.05) is 19.3 Å². The first-order valence-electron chi connectivity index (χ1n) is 39.7. The Morgan fingerprint density at radius 1 is 0.353 bits per heavy atom. The number of phenolic OH excluding ortho intramolecular Hbond substituents is 4. The predicted octanol–water partition coefficient (Wildman–Crippen LogP) is -20.3. The van der Waals surface area contributed by atoms with Crippen molar-refractivity contribution in [1.29, 1.82) is 0 Å². The number of aliphatic hydroxyl groups is 21. The summed E-state index contributed by atoms with van der Waals surface area (Å²) in [7, 11) is 0. The largest absolute Gasteiger partial charge is 1.00 e. The van der Waals surface area contributed by atoms with E-state index >= 15 is 0 Å². The molecule has 0 aromatic heterocycles. The van der Waals surface area contributed by atoms with Gasteiger partial charge < -0.3 is 225 Å². The molecule has 5 fully saturated rings. The zero-order valence-corrected chi connectivity index (χ0v) is 84.5. The Kier molecular flexibility index (Phi) is 62.1. The van der Waals surface area contributed by atoms with Gasteiger partial charge in [0.2, 0.25) is 42.9 Å². The number of anilines is 1. The molecule has 10 rings (SSSR count). The zero-order chi connectivity index (χ0) is 96.8. The fraction of sp³-hybridized carbons (Fsp3) is 0.557. The molecular weight excluding hydrogens is 1920 g/mol. The van der Waals surface area contributed by atoms with Gasteiger partial charge >= 0.3 is 180 Å². The van der Waals surface area contributed by atoms with E-state index in [4.69, 9.17) is 102 Å². The summed E-state index contributed by atoms with van der Waals surface area (Å²) in [6.45, 7) is 3.54. The van der Waals surface area contributed by atoms with Gasteiger partial charge in [0.05, 0.1) is 46.1 Å². The van der Waals surface area contributed by atoms with Crippen molar-refractivity contribution in [1.82, 2.24) is 0 Å². The van der Waals surface area contributed by atoms with Crippen LogP contribution in [0.15, 0.2) is 60.7 Å². The Hall–Kier alpha value is -5.08. The number of carbonyl (C=O) groups is 5. The Morgan fingerprint density at radius 2 is 0.588 bits per heavy atom. The van der Waals surface area contributed by atoms with Crippen LogP contribution in [0.2, 0.25) is 0 Å². The van der Waals surface area contributed by atoms with E-state index in [0.29, 0.717) is 25.7 Å². The van der Waals surface area contributed by atoms with Gasteiger partial charge in [-0.25, -0.2) is 0 Å². The standard InChI is InChI=1S/C16H24N2O10.C16H22O10.2C16H21O9.C15H20O11.2K.2Na.2H2O/c1-2-3-11(20)25-7-4-8(18-24)15(9(5-7)28-17)27-16-14(23)13(22)12(21)10(6-19)26-16;1-2-3-11(20)24-7-4-8(18)15(9(19)5-7)26-16-14(23)13(22)12(21)10(6-17)25-16;2*1-2-3-12(19)23-8-4-5-10(9(18)6-8)24-16-15(22)14(21)13(20)11(7-17)25-16;16-2-1-10(20)24-6-3-7(18)14(8(19)4-6)26-15-13(23)12(22)11(21)9(5-17)25-15;;;;;;/h4-5,10,12-14,16,18-19,21-24H,2-3,6,17H2,1H3;4-5,10,12-14,16-19,21-23H,2-3,6H2,1H3;2*4,6,11,13-18,20-22H,2-3,7H2,1H3;3-4,9,11-13,15-19,21-23H,1-2,5H2;;;;;2*1H2/q;;2*-1;;4*+1;;/p-4. The van der Waals surface area contributed by atoms with Gasteiger partial charge in [0.25, 0.3) is 11.9 Å². The van der Waals surface area contributed by atoms with Gasteiger partial charge in [-0.2, -0.15) is 17.4 Å². The van der Waals surface area contributed by atoms with Crippen LogP contribution >= 0.6 is 0 Å². The van der Waals surface area contributed by atoms with Crippen molar-refractivity contribution in [2.75, 3.05) is 45.1 Å². The van der Waals surface area contributed by atoms with Gasteiger partial charge in [-0.1, -0.05) is 27.7 Å². The number of phenols is 4. The average Bonchev–Trinajstić information content (AvgIpc) is 0.786. The van der Waals surface area contributed by atoms with Crippen LogP contribution < -0.4 is 236 Å². The van der Waals surface area contributed by atoms with Crippen molar-refractivity contribution in [2.24, 2.45) is 5.90 Å². The summed E-state index contributed by atoms with van der Waals surface area (Å²) in [5, 5.41) is 275. The minimum atomic E-state index is -1.74. The Morgan fingerprint density at radius 3 is 0.816 bits per heavy atom. The monoisotopic (exact) mass is 2020 g/mol. The molecule has 25 unspecified atom stereocenters. The third-order valence-corrected chi connectivity index (χ3v) is 18.7. The molecule has 5 heterocycles. The van der Waals surface area contributed by atoms with Crippen LogP contribution in [0.1, 0.15) is 85.5 Å². The third-order valence-electron chi connectivity index (χ3n) is 18.7. The number of carbonyl (C=O) groups excluding carboxylic acids is 5. The normalized spacial score (nSPS) is 27.3. The minimum absolute atomic E-state index is 0. The van der Waals surface area contributed by atoms with Crippen LogP contribution in [0.3, 0.4) is 0 Å². The molecule has 5 aromatic carbocycles. The SMILES string of the molecule is CCCC(=O)Oc1c[c-]c(OC2OC(CO)C(O)C(O)C2O)c([O-])c1.CCCC(=O)Oc1c[c-]c(OC2OC(CO)C(O)C(O)C2O)c([O-])c1.CCCC(=O)Oc1cc(NO)c(OC2OC(CO)C(O)C(O)C2O)c(ON)c1.CCCC(=O)Oc1cc(O)c(OC2OC(CO)C(O)C(O)C2O)c(O)c1.O=C(CCO)Oc1cc(O)c(OC2OC(CO)C(O)C(O)C2O)c(O)c1.[K+].[K+].[Na+].[Na+].[OH-].[OH-]. The molecule has 31 N–H and O–H groups in total.